The summed E-state index contributed by atoms with van der Waals surface area (Å²) in [5, 5.41) is 6.77. The van der Waals surface area contributed by atoms with Crippen molar-refractivity contribution in [2.75, 3.05) is 17.5 Å². The highest BCUT2D eigenvalue weighted by molar-refractivity contribution is 7.92. The van der Waals surface area contributed by atoms with E-state index in [1.165, 1.54) is 12.1 Å². The Morgan fingerprint density at radius 2 is 1.89 bits per heavy atom. The highest BCUT2D eigenvalue weighted by atomic mass is 32.2. The molecule has 0 spiro atoms. The molecule has 1 fully saturated rings. The van der Waals surface area contributed by atoms with Gasteiger partial charge in [-0.1, -0.05) is 35.9 Å². The van der Waals surface area contributed by atoms with Crippen LogP contribution in [0.5, 0.6) is 5.75 Å². The summed E-state index contributed by atoms with van der Waals surface area (Å²) < 4.78 is 33.4. The number of benzene rings is 2. The van der Waals surface area contributed by atoms with Gasteiger partial charge in [0.1, 0.15) is 12.3 Å². The van der Waals surface area contributed by atoms with Gasteiger partial charge in [-0.25, -0.2) is 13.8 Å². The van der Waals surface area contributed by atoms with Gasteiger partial charge in [0.25, 0.3) is 21.8 Å². The van der Waals surface area contributed by atoms with Gasteiger partial charge in [0, 0.05) is 5.57 Å². The molecule has 0 radical (unpaired) electrons. The summed E-state index contributed by atoms with van der Waals surface area (Å²) in [5.41, 5.74) is 4.42. The summed E-state index contributed by atoms with van der Waals surface area (Å²) in [7, 11) is -4.09. The number of nitrogens with one attached hydrogen (secondary N) is 2. The van der Waals surface area contributed by atoms with E-state index in [0.717, 1.165) is 9.87 Å². The summed E-state index contributed by atoms with van der Waals surface area (Å²) in [6, 6.07) is 12.5. The Morgan fingerprint density at radius 1 is 1.17 bits per heavy atom. The van der Waals surface area contributed by atoms with Gasteiger partial charge in [-0.15, -0.1) is 0 Å². The average molecular weight is 495 g/mol. The van der Waals surface area contributed by atoms with Crippen molar-refractivity contribution in [2.45, 2.75) is 31.2 Å². The number of nitrogens with zero attached hydrogens (tertiary/aromatic N) is 2. The standard InChI is InChI=1S/C25H26N4O5S/c1-3-34-19-12-14-20(15-13-19)35(32,33)29(18-10-8-17(2)9-11-18)16-23(30)27-28-24-21-6-4-5-7-22(21)26-25(24)31/h5-15,22H,3-4,16H2,1-2H3,(H,26,31)(H,27,30)/b28-24-. The van der Waals surface area contributed by atoms with Crippen molar-refractivity contribution in [1.82, 2.24) is 10.7 Å². The van der Waals surface area contributed by atoms with Crippen LogP contribution in [0.15, 0.2) is 82.3 Å². The van der Waals surface area contributed by atoms with E-state index < -0.39 is 28.4 Å². The molecule has 1 unspecified atom stereocenters. The number of anilines is 1. The Morgan fingerprint density at radius 3 is 2.57 bits per heavy atom. The number of hydrogen-bond acceptors (Lipinski definition) is 6. The molecular weight excluding hydrogens is 468 g/mol. The molecule has 10 heteroatoms. The molecule has 35 heavy (non-hydrogen) atoms. The van der Waals surface area contributed by atoms with Crippen LogP contribution in [-0.2, 0) is 19.6 Å². The number of allylic oxidation sites excluding steroid dienone is 2. The second-order valence-corrected chi connectivity index (χ2v) is 9.88. The first-order valence-electron chi connectivity index (χ1n) is 11.2. The molecular formula is C25H26N4O5S. The predicted molar refractivity (Wildman–Crippen MR) is 133 cm³/mol. The number of fused-ring (bicyclic) bond motifs is 1. The number of aryl methyl sites for hydroxylation is 1. The number of hydrogen-bond donors (Lipinski definition) is 2. The van der Waals surface area contributed by atoms with Gasteiger partial charge in [-0.3, -0.25) is 13.9 Å². The van der Waals surface area contributed by atoms with Crippen LogP contribution in [0.2, 0.25) is 0 Å². The molecule has 4 rings (SSSR count). The van der Waals surface area contributed by atoms with Gasteiger partial charge in [-0.2, -0.15) is 5.10 Å². The smallest absolute Gasteiger partial charge is 0.272 e. The first kappa shape index (κ1) is 24.2. The molecule has 1 aliphatic carbocycles. The molecule has 9 nitrogen and oxygen atoms in total. The predicted octanol–water partition coefficient (Wildman–Crippen LogP) is 2.45. The van der Waals surface area contributed by atoms with E-state index in [4.69, 9.17) is 4.74 Å². The van der Waals surface area contributed by atoms with Crippen LogP contribution >= 0.6 is 0 Å². The van der Waals surface area contributed by atoms with Crippen molar-refractivity contribution in [3.05, 3.63) is 77.9 Å². The van der Waals surface area contributed by atoms with Crippen molar-refractivity contribution in [3.8, 4) is 5.75 Å². The van der Waals surface area contributed by atoms with Gasteiger partial charge in [0.2, 0.25) is 0 Å². The summed E-state index contributed by atoms with van der Waals surface area (Å²) in [5.74, 6) is -0.539. The van der Waals surface area contributed by atoms with Gasteiger partial charge < -0.3 is 10.1 Å². The van der Waals surface area contributed by atoms with Crippen LogP contribution < -0.4 is 19.8 Å². The maximum absolute atomic E-state index is 13.5. The maximum atomic E-state index is 13.5. The average Bonchev–Trinajstić information content (AvgIpc) is 3.17. The van der Waals surface area contributed by atoms with Crippen LogP contribution in [-0.4, -0.2) is 45.1 Å². The topological polar surface area (TPSA) is 117 Å². The van der Waals surface area contributed by atoms with Gasteiger partial charge in [-0.05, 0) is 56.7 Å². The lowest BCUT2D eigenvalue weighted by Gasteiger charge is -2.24. The molecule has 1 aliphatic heterocycles. The van der Waals surface area contributed by atoms with Crippen molar-refractivity contribution >= 4 is 33.2 Å². The molecule has 0 saturated carbocycles. The quantitative estimate of drug-likeness (QED) is 0.432. The molecule has 1 heterocycles. The summed E-state index contributed by atoms with van der Waals surface area (Å²) in [4.78, 5) is 25.1. The van der Waals surface area contributed by atoms with Crippen LogP contribution in [0.3, 0.4) is 0 Å². The SMILES string of the molecule is CCOc1ccc(S(=O)(=O)N(CC(=O)N/N=C2\C(=O)NC3C=CCC=C23)c2ccc(C)cc2)cc1. The lowest BCUT2D eigenvalue weighted by molar-refractivity contribution is -0.119. The van der Waals surface area contributed by atoms with Crippen molar-refractivity contribution < 1.29 is 22.7 Å². The number of sulfonamides is 1. The molecule has 1 atom stereocenters. The van der Waals surface area contributed by atoms with Gasteiger partial charge in [0.15, 0.2) is 5.71 Å². The third kappa shape index (κ3) is 5.27. The molecule has 2 aromatic carbocycles. The number of ether oxygens (including phenoxy) is 1. The van der Waals surface area contributed by atoms with Crippen LogP contribution in [0.25, 0.3) is 0 Å². The second kappa shape index (κ2) is 10.1. The number of carbonyl (C=O) groups excluding carboxylic acids is 2. The number of hydrazone groups is 1. The first-order chi connectivity index (χ1) is 16.8. The maximum Gasteiger partial charge on any atom is 0.272 e. The summed E-state index contributed by atoms with van der Waals surface area (Å²) in [6.07, 6.45) is 6.32. The Kier molecular flexibility index (Phi) is 7.02. The lowest BCUT2D eigenvalue weighted by Crippen LogP contribution is -2.40. The van der Waals surface area contributed by atoms with Crippen molar-refractivity contribution in [2.24, 2.45) is 5.10 Å². The van der Waals surface area contributed by atoms with Crippen LogP contribution in [0, 0.1) is 6.92 Å². The number of amides is 2. The first-order valence-corrected chi connectivity index (χ1v) is 12.6. The Labute approximate surface area is 204 Å². The molecule has 0 aromatic heterocycles. The Bertz CT molecular complexity index is 1310. The van der Waals surface area contributed by atoms with Gasteiger partial charge >= 0.3 is 0 Å². The van der Waals surface area contributed by atoms with Crippen LogP contribution in [0.4, 0.5) is 5.69 Å². The number of carbonyl (C=O) groups is 2. The Balaban J connectivity index is 1.58. The summed E-state index contributed by atoms with van der Waals surface area (Å²) in [6.45, 7) is 3.64. The van der Waals surface area contributed by atoms with E-state index in [2.05, 4.69) is 15.8 Å². The minimum absolute atomic E-state index is 0.0119. The minimum Gasteiger partial charge on any atom is -0.494 e. The molecule has 182 valence electrons. The van der Waals surface area contributed by atoms with E-state index >= 15 is 0 Å². The third-order valence-electron chi connectivity index (χ3n) is 5.54. The zero-order valence-electron chi connectivity index (χ0n) is 19.4. The Hall–Kier alpha value is -3.92. The third-order valence-corrected chi connectivity index (χ3v) is 7.32. The highest BCUT2D eigenvalue weighted by Crippen LogP contribution is 2.26. The molecule has 1 saturated heterocycles. The minimum atomic E-state index is -4.09. The molecule has 2 aromatic rings. The van der Waals surface area contributed by atoms with Crippen molar-refractivity contribution in [1.29, 1.82) is 0 Å². The van der Waals surface area contributed by atoms with E-state index in [-0.39, 0.29) is 16.6 Å². The van der Waals surface area contributed by atoms with Gasteiger partial charge in [0.05, 0.1) is 23.2 Å². The van der Waals surface area contributed by atoms with E-state index in [9.17, 15) is 18.0 Å². The van der Waals surface area contributed by atoms with Crippen LogP contribution in [0.1, 0.15) is 18.9 Å². The molecule has 2 N–H and O–H groups in total. The summed E-state index contributed by atoms with van der Waals surface area (Å²) >= 11 is 0. The van der Waals surface area contributed by atoms with E-state index in [1.807, 2.05) is 32.1 Å². The molecule has 2 amide bonds. The van der Waals surface area contributed by atoms with E-state index in [1.54, 1.807) is 36.4 Å². The number of rotatable bonds is 8. The largest absolute Gasteiger partial charge is 0.494 e. The zero-order chi connectivity index (χ0) is 25.0. The van der Waals surface area contributed by atoms with E-state index in [0.29, 0.717) is 30.0 Å². The highest BCUT2D eigenvalue weighted by Gasteiger charge is 2.33. The molecule has 2 aliphatic rings. The lowest BCUT2D eigenvalue weighted by atomic mass is 10.0. The monoisotopic (exact) mass is 494 g/mol. The fourth-order valence-electron chi connectivity index (χ4n) is 3.78. The fourth-order valence-corrected chi connectivity index (χ4v) is 5.20. The second-order valence-electron chi connectivity index (χ2n) is 8.02. The van der Waals surface area contributed by atoms with Crippen molar-refractivity contribution in [3.63, 3.8) is 0 Å². The normalized spacial score (nSPS) is 18.0. The zero-order valence-corrected chi connectivity index (χ0v) is 20.2. The fraction of sp³-hybridized carbons (Fsp3) is 0.240. The molecule has 0 bridgehead atoms.